The number of ether oxygens (including phenoxy) is 3. The van der Waals surface area contributed by atoms with Crippen molar-refractivity contribution in [2.45, 2.75) is 322 Å². The third kappa shape index (κ3) is 54.4. The van der Waals surface area contributed by atoms with Gasteiger partial charge in [0.2, 0.25) is 0 Å². The second-order valence-electron chi connectivity index (χ2n) is 19.9. The predicted molar refractivity (Wildman–Crippen MR) is 289 cm³/mol. The molecule has 0 saturated heterocycles. The molecule has 0 amide bonds. The van der Waals surface area contributed by atoms with E-state index in [1.807, 2.05) is 0 Å². The fourth-order valence-electron chi connectivity index (χ4n) is 8.67. The molecule has 0 aliphatic rings. The molecule has 0 aromatic rings. The molecule has 0 aliphatic carbocycles. The van der Waals surface area contributed by atoms with Gasteiger partial charge in [0, 0.05) is 19.3 Å². The van der Waals surface area contributed by atoms with Crippen LogP contribution in [0.2, 0.25) is 0 Å². The molecule has 0 aliphatic heterocycles. The largest absolute Gasteiger partial charge is 0.462 e. The highest BCUT2D eigenvalue weighted by Gasteiger charge is 2.19. The van der Waals surface area contributed by atoms with Crippen molar-refractivity contribution in [1.82, 2.24) is 0 Å². The Morgan fingerprint density at radius 3 is 0.836 bits per heavy atom. The Kier molecular flexibility index (Phi) is 54.2. The lowest BCUT2D eigenvalue weighted by Gasteiger charge is -2.18. The van der Waals surface area contributed by atoms with Gasteiger partial charge in [-0.3, -0.25) is 14.4 Å². The molecule has 0 heterocycles. The Morgan fingerprint density at radius 2 is 0.537 bits per heavy atom. The lowest BCUT2D eigenvalue weighted by atomic mass is 10.0. The molecule has 0 rings (SSSR count). The molecule has 0 aromatic carbocycles. The standard InChI is InChI=1S/C61H112O6/c1-4-7-10-13-16-19-22-25-27-29-31-33-34-36-39-42-45-48-51-54-60(63)66-57-58(56-65-59(62)53-50-47-44-41-38-24-21-18-15-12-9-6-3)67-61(64)55-52-49-46-43-40-37-35-32-30-28-26-23-20-17-14-11-8-5-2/h28-32,35,58H,4-27,33-34,36-57H2,1-3H3/b30-28-,31-29-,35-32-. The number of allylic oxidation sites excluding steroid dienone is 6. The van der Waals surface area contributed by atoms with Gasteiger partial charge < -0.3 is 14.2 Å². The lowest BCUT2D eigenvalue weighted by Crippen LogP contribution is -2.30. The maximum Gasteiger partial charge on any atom is 0.306 e. The van der Waals surface area contributed by atoms with Crippen molar-refractivity contribution in [3.05, 3.63) is 36.5 Å². The van der Waals surface area contributed by atoms with Gasteiger partial charge in [-0.15, -0.1) is 0 Å². The zero-order chi connectivity index (χ0) is 48.6. The van der Waals surface area contributed by atoms with Crippen LogP contribution in [0, 0.1) is 0 Å². The number of rotatable bonds is 54. The molecule has 0 spiro atoms. The van der Waals surface area contributed by atoms with Gasteiger partial charge in [0.1, 0.15) is 13.2 Å². The van der Waals surface area contributed by atoms with Gasteiger partial charge in [0.05, 0.1) is 0 Å². The smallest absolute Gasteiger partial charge is 0.306 e. The summed E-state index contributed by atoms with van der Waals surface area (Å²) in [6.07, 6.45) is 67.1. The molecular formula is C61H112O6. The van der Waals surface area contributed by atoms with Crippen LogP contribution in [0.5, 0.6) is 0 Å². The molecule has 67 heavy (non-hydrogen) atoms. The summed E-state index contributed by atoms with van der Waals surface area (Å²) in [6.45, 7) is 6.65. The third-order valence-corrected chi connectivity index (χ3v) is 13.1. The van der Waals surface area contributed by atoms with Crippen molar-refractivity contribution in [3.63, 3.8) is 0 Å². The summed E-state index contributed by atoms with van der Waals surface area (Å²) in [4.78, 5) is 38.1. The van der Waals surface area contributed by atoms with E-state index in [9.17, 15) is 14.4 Å². The minimum Gasteiger partial charge on any atom is -0.462 e. The van der Waals surface area contributed by atoms with E-state index in [1.54, 1.807) is 0 Å². The molecule has 1 unspecified atom stereocenters. The van der Waals surface area contributed by atoms with Gasteiger partial charge in [0.15, 0.2) is 6.10 Å². The summed E-state index contributed by atoms with van der Waals surface area (Å²) < 4.78 is 16.9. The van der Waals surface area contributed by atoms with Crippen LogP contribution in [0.25, 0.3) is 0 Å². The number of unbranched alkanes of at least 4 members (excludes halogenated alkanes) is 38. The first-order valence-corrected chi connectivity index (χ1v) is 29.5. The molecule has 392 valence electrons. The van der Waals surface area contributed by atoms with E-state index >= 15 is 0 Å². The molecule has 0 saturated carbocycles. The SMILES string of the molecule is CCCCCCCCC/C=C\C=C/CCCCCCCC(=O)OC(COC(=O)CCCCCCCCC/C=C\CCCCCCCCCC)COC(=O)CCCCCCCCCCCCCC. The van der Waals surface area contributed by atoms with E-state index in [0.717, 1.165) is 77.0 Å². The number of hydrogen-bond acceptors (Lipinski definition) is 6. The zero-order valence-electron chi connectivity index (χ0n) is 44.9. The predicted octanol–water partition coefficient (Wildman–Crippen LogP) is 19.7. The molecular weight excluding hydrogens is 829 g/mol. The topological polar surface area (TPSA) is 78.9 Å². The minimum atomic E-state index is -0.779. The Bertz CT molecular complexity index is 1130. The Balaban J connectivity index is 4.35. The van der Waals surface area contributed by atoms with Crippen LogP contribution in [0.4, 0.5) is 0 Å². The average Bonchev–Trinajstić information content (AvgIpc) is 3.33. The van der Waals surface area contributed by atoms with Gasteiger partial charge in [-0.2, -0.15) is 0 Å². The van der Waals surface area contributed by atoms with E-state index in [4.69, 9.17) is 14.2 Å². The van der Waals surface area contributed by atoms with E-state index in [2.05, 4.69) is 57.2 Å². The van der Waals surface area contributed by atoms with Crippen LogP contribution >= 0.6 is 0 Å². The first kappa shape index (κ1) is 64.6. The number of hydrogen-bond donors (Lipinski definition) is 0. The highest BCUT2D eigenvalue weighted by Crippen LogP contribution is 2.16. The molecule has 0 aromatic heterocycles. The summed E-state index contributed by atoms with van der Waals surface area (Å²) in [6, 6.07) is 0. The van der Waals surface area contributed by atoms with Crippen LogP contribution in [-0.2, 0) is 28.6 Å². The fraction of sp³-hybridized carbons (Fsp3) is 0.852. The monoisotopic (exact) mass is 941 g/mol. The van der Waals surface area contributed by atoms with Crippen LogP contribution in [-0.4, -0.2) is 37.2 Å². The number of esters is 3. The molecule has 0 bridgehead atoms. The molecule has 6 heteroatoms. The van der Waals surface area contributed by atoms with Crippen molar-refractivity contribution in [1.29, 1.82) is 0 Å². The summed E-state index contributed by atoms with van der Waals surface area (Å²) >= 11 is 0. The maximum absolute atomic E-state index is 12.9. The fourth-order valence-corrected chi connectivity index (χ4v) is 8.67. The Hall–Kier alpha value is -2.37. The molecule has 1 atom stereocenters. The first-order chi connectivity index (χ1) is 33.0. The van der Waals surface area contributed by atoms with Crippen molar-refractivity contribution < 1.29 is 28.6 Å². The highest BCUT2D eigenvalue weighted by atomic mass is 16.6. The zero-order valence-corrected chi connectivity index (χ0v) is 44.9. The van der Waals surface area contributed by atoms with Crippen LogP contribution in [0.3, 0.4) is 0 Å². The highest BCUT2D eigenvalue weighted by molar-refractivity contribution is 5.71. The van der Waals surface area contributed by atoms with E-state index in [-0.39, 0.29) is 31.1 Å². The minimum absolute atomic E-state index is 0.0764. The lowest BCUT2D eigenvalue weighted by molar-refractivity contribution is -0.167. The van der Waals surface area contributed by atoms with Crippen molar-refractivity contribution >= 4 is 17.9 Å². The second-order valence-corrected chi connectivity index (χ2v) is 19.9. The third-order valence-electron chi connectivity index (χ3n) is 13.1. The van der Waals surface area contributed by atoms with Gasteiger partial charge in [0.25, 0.3) is 0 Å². The summed E-state index contributed by atoms with van der Waals surface area (Å²) in [5.41, 5.74) is 0. The van der Waals surface area contributed by atoms with Crippen LogP contribution in [0.1, 0.15) is 316 Å². The Morgan fingerprint density at radius 1 is 0.299 bits per heavy atom. The maximum atomic E-state index is 12.9. The van der Waals surface area contributed by atoms with Gasteiger partial charge >= 0.3 is 17.9 Å². The average molecular weight is 942 g/mol. The van der Waals surface area contributed by atoms with Crippen LogP contribution in [0.15, 0.2) is 36.5 Å². The van der Waals surface area contributed by atoms with E-state index < -0.39 is 6.10 Å². The number of carbonyl (C=O) groups excluding carboxylic acids is 3. The van der Waals surface area contributed by atoms with Crippen molar-refractivity contribution in [2.75, 3.05) is 13.2 Å². The Labute approximate surface area is 416 Å². The summed E-state index contributed by atoms with van der Waals surface area (Å²) in [5.74, 6) is -0.879. The van der Waals surface area contributed by atoms with Crippen molar-refractivity contribution in [3.8, 4) is 0 Å². The van der Waals surface area contributed by atoms with Gasteiger partial charge in [-0.1, -0.05) is 263 Å². The van der Waals surface area contributed by atoms with Crippen molar-refractivity contribution in [2.24, 2.45) is 0 Å². The molecule has 0 fully saturated rings. The van der Waals surface area contributed by atoms with Gasteiger partial charge in [-0.05, 0) is 70.6 Å². The van der Waals surface area contributed by atoms with Gasteiger partial charge in [-0.25, -0.2) is 0 Å². The molecule has 0 radical (unpaired) electrons. The second kappa shape index (κ2) is 56.2. The normalized spacial score (nSPS) is 12.2. The first-order valence-electron chi connectivity index (χ1n) is 29.5. The molecule has 6 nitrogen and oxygen atoms in total. The number of carbonyl (C=O) groups is 3. The van der Waals surface area contributed by atoms with Crippen LogP contribution < -0.4 is 0 Å². The molecule has 0 N–H and O–H groups in total. The van der Waals surface area contributed by atoms with E-state index in [0.29, 0.717) is 19.3 Å². The van der Waals surface area contributed by atoms with E-state index in [1.165, 1.54) is 199 Å². The summed E-state index contributed by atoms with van der Waals surface area (Å²) in [7, 11) is 0. The quantitative estimate of drug-likeness (QED) is 0.0199. The summed E-state index contributed by atoms with van der Waals surface area (Å²) in [5, 5.41) is 0.